The molecule has 0 aromatic carbocycles. The number of alkyl halides is 3. The van der Waals surface area contributed by atoms with Crippen molar-refractivity contribution in [3.8, 4) is 0 Å². The van der Waals surface area contributed by atoms with Crippen molar-refractivity contribution < 1.29 is 23.1 Å². The Morgan fingerprint density at radius 1 is 1.44 bits per heavy atom. The Balaban J connectivity index is 2.81. The monoisotopic (exact) mass is 259 g/mol. The zero-order chi connectivity index (χ0) is 13.5. The number of nitrogens with zero attached hydrogens (tertiary/aromatic N) is 3. The topological polar surface area (TPSA) is 67.5 Å². The van der Waals surface area contributed by atoms with Crippen LogP contribution < -0.4 is 0 Å². The van der Waals surface area contributed by atoms with Crippen molar-refractivity contribution >= 4 is 11.5 Å². The Labute approximate surface area is 98.9 Å². The van der Waals surface area contributed by atoms with Gasteiger partial charge in [0.2, 0.25) is 5.82 Å². The number of halogens is 3. The molecule has 0 bridgehead atoms. The maximum Gasteiger partial charge on any atom is 0.451 e. The van der Waals surface area contributed by atoms with Crippen molar-refractivity contribution in [3.63, 3.8) is 0 Å². The summed E-state index contributed by atoms with van der Waals surface area (Å²) in [7, 11) is 0. The van der Waals surface area contributed by atoms with Gasteiger partial charge >= 0.3 is 12.1 Å². The fraction of sp³-hybridized carbons (Fsp3) is 0.300. The van der Waals surface area contributed by atoms with Crippen molar-refractivity contribution in [3.05, 3.63) is 29.3 Å². The van der Waals surface area contributed by atoms with Crippen molar-refractivity contribution in [2.75, 3.05) is 0 Å². The molecule has 1 N–H and O–H groups in total. The molecule has 0 amide bonds. The van der Waals surface area contributed by atoms with E-state index in [-0.39, 0.29) is 5.52 Å². The maximum atomic E-state index is 12.7. The molecule has 2 aromatic rings. The van der Waals surface area contributed by atoms with Crippen LogP contribution in [-0.2, 0) is 12.6 Å². The molecule has 2 rings (SSSR count). The predicted molar refractivity (Wildman–Crippen MR) is 54.3 cm³/mol. The van der Waals surface area contributed by atoms with E-state index in [1.165, 1.54) is 12.1 Å². The molecule has 0 fully saturated rings. The van der Waals surface area contributed by atoms with Gasteiger partial charge in [0.15, 0.2) is 5.69 Å². The molecular formula is C10H8F3N3O2. The van der Waals surface area contributed by atoms with Crippen LogP contribution in [0.15, 0.2) is 12.1 Å². The van der Waals surface area contributed by atoms with Gasteiger partial charge in [0.25, 0.3) is 0 Å². The highest BCUT2D eigenvalue weighted by molar-refractivity contribution is 5.93. The lowest BCUT2D eigenvalue weighted by atomic mass is 10.3. The largest absolute Gasteiger partial charge is 0.476 e. The Hall–Kier alpha value is -2.12. The number of fused-ring (bicyclic) bond motifs is 1. The first-order valence-electron chi connectivity index (χ1n) is 5.03. The smallest absolute Gasteiger partial charge is 0.451 e. The highest BCUT2D eigenvalue weighted by Gasteiger charge is 2.38. The van der Waals surface area contributed by atoms with Gasteiger partial charge in [-0.1, -0.05) is 6.92 Å². The molecule has 8 heteroatoms. The number of rotatable bonds is 2. The Kier molecular flexibility index (Phi) is 2.72. The minimum atomic E-state index is -4.75. The summed E-state index contributed by atoms with van der Waals surface area (Å²) < 4.78 is 38.7. The lowest BCUT2D eigenvalue weighted by molar-refractivity contribution is -0.146. The molecular weight excluding hydrogens is 251 g/mol. The molecule has 2 heterocycles. The molecule has 0 saturated carbocycles. The van der Waals surface area contributed by atoms with Gasteiger partial charge in [0.1, 0.15) is 5.52 Å². The number of carbonyl (C=O) groups is 1. The summed E-state index contributed by atoms with van der Waals surface area (Å²) in [5.74, 6) is -2.85. The number of imidazole rings is 1. The summed E-state index contributed by atoms with van der Waals surface area (Å²) >= 11 is 0. The second-order valence-corrected chi connectivity index (χ2v) is 3.56. The number of carboxylic acid groups (broad SMARTS) is 1. The summed E-state index contributed by atoms with van der Waals surface area (Å²) in [6, 6.07) is 2.75. The average Bonchev–Trinajstić information content (AvgIpc) is 2.66. The average molecular weight is 259 g/mol. The minimum absolute atomic E-state index is 0.174. The van der Waals surface area contributed by atoms with Crippen molar-refractivity contribution in [2.24, 2.45) is 0 Å². The lowest BCUT2D eigenvalue weighted by Gasteiger charge is -2.04. The summed E-state index contributed by atoms with van der Waals surface area (Å²) in [6.07, 6.45) is -4.32. The number of hydrogen-bond acceptors (Lipinski definition) is 3. The molecule has 0 unspecified atom stereocenters. The third-order valence-corrected chi connectivity index (χ3v) is 2.37. The number of aryl methyl sites for hydroxylation is 1. The zero-order valence-corrected chi connectivity index (χ0v) is 9.19. The van der Waals surface area contributed by atoms with Crippen LogP contribution in [0.2, 0.25) is 0 Å². The van der Waals surface area contributed by atoms with Gasteiger partial charge in [-0.2, -0.15) is 18.3 Å². The van der Waals surface area contributed by atoms with E-state index in [4.69, 9.17) is 5.11 Å². The lowest BCUT2D eigenvalue weighted by Crippen LogP contribution is -2.13. The van der Waals surface area contributed by atoms with Crippen LogP contribution >= 0.6 is 0 Å². The van der Waals surface area contributed by atoms with Gasteiger partial charge in [-0.3, -0.25) is 0 Å². The van der Waals surface area contributed by atoms with Gasteiger partial charge in [-0.25, -0.2) is 14.3 Å². The highest BCUT2D eigenvalue weighted by Crippen LogP contribution is 2.29. The van der Waals surface area contributed by atoms with Crippen molar-refractivity contribution in [2.45, 2.75) is 19.5 Å². The fourth-order valence-electron chi connectivity index (χ4n) is 1.54. The Morgan fingerprint density at radius 2 is 2.11 bits per heavy atom. The summed E-state index contributed by atoms with van der Waals surface area (Å²) in [5, 5.41) is 12.6. The number of carboxylic acids is 1. The maximum absolute atomic E-state index is 12.7. The van der Waals surface area contributed by atoms with E-state index in [1.54, 1.807) is 6.92 Å². The zero-order valence-electron chi connectivity index (χ0n) is 9.19. The third kappa shape index (κ3) is 1.89. The number of aromatic nitrogens is 3. The highest BCUT2D eigenvalue weighted by atomic mass is 19.4. The molecule has 0 aliphatic heterocycles. The van der Waals surface area contributed by atoms with Gasteiger partial charge in [0, 0.05) is 0 Å². The molecule has 0 atom stereocenters. The van der Waals surface area contributed by atoms with Crippen molar-refractivity contribution in [1.29, 1.82) is 0 Å². The second kappa shape index (κ2) is 3.97. The number of aromatic carboxylic acids is 1. The molecule has 0 spiro atoms. The van der Waals surface area contributed by atoms with Crippen LogP contribution in [0, 0.1) is 0 Å². The molecule has 18 heavy (non-hydrogen) atoms. The summed E-state index contributed by atoms with van der Waals surface area (Å²) in [5.41, 5.74) is -0.410. The van der Waals surface area contributed by atoms with Crippen LogP contribution in [-0.4, -0.2) is 25.7 Å². The molecule has 96 valence electrons. The molecule has 5 nitrogen and oxygen atoms in total. The third-order valence-electron chi connectivity index (χ3n) is 2.37. The standard InChI is InChI=1S/C10H8F3N3O2/c1-2-5-3-4-6-7(8(17)18)14-9(10(11,12)13)16(6)15-5/h3-4H,2H2,1H3,(H,17,18). The molecule has 2 aromatic heterocycles. The van der Waals surface area contributed by atoms with E-state index < -0.39 is 23.7 Å². The normalized spacial score (nSPS) is 12.0. The van der Waals surface area contributed by atoms with E-state index in [0.717, 1.165) is 0 Å². The molecule has 0 aliphatic rings. The molecule has 0 radical (unpaired) electrons. The van der Waals surface area contributed by atoms with E-state index in [2.05, 4.69) is 10.1 Å². The molecule has 0 aliphatic carbocycles. The van der Waals surface area contributed by atoms with E-state index in [9.17, 15) is 18.0 Å². The van der Waals surface area contributed by atoms with Crippen LogP contribution in [0.1, 0.15) is 28.9 Å². The van der Waals surface area contributed by atoms with E-state index in [0.29, 0.717) is 16.6 Å². The minimum Gasteiger partial charge on any atom is -0.476 e. The van der Waals surface area contributed by atoms with E-state index >= 15 is 0 Å². The van der Waals surface area contributed by atoms with Gasteiger partial charge in [-0.05, 0) is 18.6 Å². The van der Waals surface area contributed by atoms with Gasteiger partial charge < -0.3 is 5.11 Å². The van der Waals surface area contributed by atoms with Crippen molar-refractivity contribution in [1.82, 2.24) is 14.6 Å². The quantitative estimate of drug-likeness (QED) is 0.895. The first kappa shape index (κ1) is 12.3. The van der Waals surface area contributed by atoms with Gasteiger partial charge in [-0.15, -0.1) is 0 Å². The number of hydrogen-bond donors (Lipinski definition) is 1. The fourth-order valence-corrected chi connectivity index (χ4v) is 1.54. The Morgan fingerprint density at radius 3 is 2.61 bits per heavy atom. The Bertz CT molecular complexity index is 619. The first-order valence-corrected chi connectivity index (χ1v) is 5.03. The summed E-state index contributed by atoms with van der Waals surface area (Å²) in [6.45, 7) is 1.73. The molecule has 0 saturated heterocycles. The van der Waals surface area contributed by atoms with Crippen LogP contribution in [0.3, 0.4) is 0 Å². The van der Waals surface area contributed by atoms with Gasteiger partial charge in [0.05, 0.1) is 5.69 Å². The predicted octanol–water partition coefficient (Wildman–Crippen LogP) is 2.01. The second-order valence-electron chi connectivity index (χ2n) is 3.56. The van der Waals surface area contributed by atoms with Crippen LogP contribution in [0.4, 0.5) is 13.2 Å². The van der Waals surface area contributed by atoms with Crippen LogP contribution in [0.5, 0.6) is 0 Å². The SMILES string of the molecule is CCc1ccc2c(C(=O)O)nc(C(F)(F)F)n2n1. The summed E-state index contributed by atoms with van der Waals surface area (Å²) in [4.78, 5) is 14.0. The first-order chi connectivity index (χ1) is 8.34. The van der Waals surface area contributed by atoms with E-state index in [1.807, 2.05) is 0 Å². The van der Waals surface area contributed by atoms with Crippen LogP contribution in [0.25, 0.3) is 5.52 Å².